The van der Waals surface area contributed by atoms with E-state index in [1.807, 2.05) is 26.8 Å². The lowest BCUT2D eigenvalue weighted by atomic mass is 9.82. The molecule has 144 valence electrons. The Morgan fingerprint density at radius 2 is 1.89 bits per heavy atom. The molecular formula is C20H25N3O3S. The zero-order valence-electron chi connectivity index (χ0n) is 15.8. The smallest absolute Gasteiger partial charge is 0.228 e. The number of amides is 1. The zero-order valence-corrected chi connectivity index (χ0v) is 16.6. The molecule has 0 spiro atoms. The molecule has 7 heteroatoms. The Bertz CT molecular complexity index is 943. The van der Waals surface area contributed by atoms with E-state index in [0.29, 0.717) is 12.1 Å². The summed E-state index contributed by atoms with van der Waals surface area (Å²) in [6.45, 7) is 5.85. The van der Waals surface area contributed by atoms with Crippen LogP contribution in [0.25, 0.3) is 0 Å². The van der Waals surface area contributed by atoms with E-state index in [-0.39, 0.29) is 22.6 Å². The molecule has 0 saturated carbocycles. The number of pyridine rings is 1. The Kier molecular flexibility index (Phi) is 6.91. The molecule has 0 aliphatic rings. The highest BCUT2D eigenvalue weighted by Gasteiger charge is 2.27. The first-order valence-electron chi connectivity index (χ1n) is 8.87. The molecule has 0 aliphatic heterocycles. The summed E-state index contributed by atoms with van der Waals surface area (Å²) in [6, 6.07) is 10.3. The first-order chi connectivity index (χ1) is 12.8. The van der Waals surface area contributed by atoms with Gasteiger partial charge in [0, 0.05) is 12.1 Å². The minimum Gasteiger partial charge on any atom is -0.324 e. The molecule has 1 aromatic heterocycles. The number of rotatable bonds is 7. The van der Waals surface area contributed by atoms with Crippen molar-refractivity contribution in [3.63, 3.8) is 0 Å². The maximum atomic E-state index is 12.9. The van der Waals surface area contributed by atoms with Crippen LogP contribution < -0.4 is 10.5 Å². The molecule has 1 amide bonds. The van der Waals surface area contributed by atoms with Crippen LogP contribution in [0, 0.1) is 12.8 Å². The Hall–Kier alpha value is -2.47. The number of nitrogens with zero attached hydrogens (tertiary/aromatic N) is 1. The summed E-state index contributed by atoms with van der Waals surface area (Å²) in [7, 11) is -3.28. The van der Waals surface area contributed by atoms with Crippen molar-refractivity contribution in [3.8, 4) is 0 Å². The largest absolute Gasteiger partial charge is 0.324 e. The summed E-state index contributed by atoms with van der Waals surface area (Å²) >= 11 is 0. The lowest BCUT2D eigenvalue weighted by Crippen LogP contribution is -2.28. The summed E-state index contributed by atoms with van der Waals surface area (Å²) < 4.78 is 11.9. The normalized spacial score (nSPS) is 15.3. The van der Waals surface area contributed by atoms with Gasteiger partial charge in [-0.3, -0.25) is 9.78 Å². The maximum Gasteiger partial charge on any atom is 0.228 e. The van der Waals surface area contributed by atoms with Gasteiger partial charge in [-0.2, -0.15) is 0 Å². The average Bonchev–Trinajstić information content (AvgIpc) is 2.67. The van der Waals surface area contributed by atoms with E-state index < -0.39 is 9.71 Å². The Labute approximate surface area is 160 Å². The van der Waals surface area contributed by atoms with Gasteiger partial charge in [0.25, 0.3) is 0 Å². The third kappa shape index (κ3) is 4.83. The van der Waals surface area contributed by atoms with Crippen molar-refractivity contribution in [2.24, 2.45) is 11.1 Å². The summed E-state index contributed by atoms with van der Waals surface area (Å²) in [5.74, 6) is -0.316. The second kappa shape index (κ2) is 8.95. The SMILES string of the molecule is CC[C@H](C(=O)Nc1cccnc1C)[C@H](CC)c1ccc(S(N)(=O)=C=O)cc1. The monoisotopic (exact) mass is 387 g/mol. The van der Waals surface area contributed by atoms with Crippen LogP contribution in [0.3, 0.4) is 0 Å². The average molecular weight is 388 g/mol. The van der Waals surface area contributed by atoms with Gasteiger partial charge in [0.2, 0.25) is 11.1 Å². The van der Waals surface area contributed by atoms with Gasteiger partial charge >= 0.3 is 0 Å². The predicted molar refractivity (Wildman–Crippen MR) is 107 cm³/mol. The van der Waals surface area contributed by atoms with Gasteiger partial charge in [0.15, 0.2) is 0 Å². The second-order valence-electron chi connectivity index (χ2n) is 6.41. The molecule has 0 saturated heterocycles. The molecule has 3 N–H and O–H groups in total. The number of benzene rings is 1. The van der Waals surface area contributed by atoms with Crippen LogP contribution in [-0.2, 0) is 19.3 Å². The summed E-state index contributed by atoms with van der Waals surface area (Å²) in [6.07, 6.45) is 3.11. The number of hydrogen-bond acceptors (Lipinski definition) is 4. The molecule has 0 aliphatic carbocycles. The number of carbonyl (C=O) groups excluding carboxylic acids is 2. The Morgan fingerprint density at radius 1 is 1.22 bits per heavy atom. The molecular weight excluding hydrogens is 362 g/mol. The fourth-order valence-corrected chi connectivity index (χ4v) is 3.85. The van der Waals surface area contributed by atoms with E-state index in [0.717, 1.165) is 17.7 Å². The van der Waals surface area contributed by atoms with Gasteiger partial charge in [0.1, 0.15) is 9.71 Å². The zero-order chi connectivity index (χ0) is 20.0. The van der Waals surface area contributed by atoms with E-state index in [9.17, 15) is 13.8 Å². The molecule has 2 aromatic rings. The highest BCUT2D eigenvalue weighted by molar-refractivity contribution is 7.98. The highest BCUT2D eigenvalue weighted by Crippen LogP contribution is 2.32. The van der Waals surface area contributed by atoms with Gasteiger partial charge < -0.3 is 5.32 Å². The quantitative estimate of drug-likeness (QED) is 0.713. The molecule has 3 atom stereocenters. The third-order valence-corrected chi connectivity index (χ3v) is 5.97. The van der Waals surface area contributed by atoms with E-state index in [2.05, 4.69) is 10.3 Å². The second-order valence-corrected chi connectivity index (χ2v) is 8.25. The minimum absolute atomic E-state index is 0.0185. The van der Waals surface area contributed by atoms with Crippen molar-refractivity contribution < 1.29 is 13.8 Å². The first kappa shape index (κ1) is 20.8. The van der Waals surface area contributed by atoms with Crippen LogP contribution in [0.4, 0.5) is 5.69 Å². The fourth-order valence-electron chi connectivity index (χ4n) is 3.21. The summed E-state index contributed by atoms with van der Waals surface area (Å²) in [5.41, 5.74) is 2.41. The lowest BCUT2D eigenvalue weighted by Gasteiger charge is -2.25. The number of aryl methyl sites for hydroxylation is 1. The summed E-state index contributed by atoms with van der Waals surface area (Å²) in [4.78, 5) is 28.1. The Balaban J connectivity index is 2.28. The van der Waals surface area contributed by atoms with Crippen LogP contribution in [0.1, 0.15) is 43.9 Å². The summed E-state index contributed by atoms with van der Waals surface area (Å²) in [5, 5.41) is 9.83. The van der Waals surface area contributed by atoms with Crippen molar-refractivity contribution in [2.75, 3.05) is 5.32 Å². The number of nitrogens with one attached hydrogen (secondary N) is 1. The molecule has 2 rings (SSSR count). The first-order valence-corrected chi connectivity index (χ1v) is 10.5. The number of carbonyl (C=O) groups is 1. The number of nitrogens with two attached hydrogens (primary N) is 1. The highest BCUT2D eigenvalue weighted by atomic mass is 32.2. The number of hydrogen-bond donors (Lipinski definition) is 2. The van der Waals surface area contributed by atoms with Crippen LogP contribution in [-0.4, -0.2) is 20.3 Å². The predicted octanol–water partition coefficient (Wildman–Crippen LogP) is 3.13. The maximum absolute atomic E-state index is 12.9. The topological polar surface area (TPSA) is 102 Å². The van der Waals surface area contributed by atoms with Gasteiger partial charge in [-0.25, -0.2) is 14.1 Å². The molecule has 1 heterocycles. The van der Waals surface area contributed by atoms with Crippen molar-refractivity contribution >= 4 is 26.5 Å². The van der Waals surface area contributed by atoms with E-state index in [4.69, 9.17) is 5.14 Å². The van der Waals surface area contributed by atoms with Crippen molar-refractivity contribution in [2.45, 2.75) is 44.4 Å². The van der Waals surface area contributed by atoms with Gasteiger partial charge in [-0.15, -0.1) is 0 Å². The molecule has 0 radical (unpaired) electrons. The van der Waals surface area contributed by atoms with Crippen molar-refractivity contribution in [3.05, 3.63) is 53.9 Å². The van der Waals surface area contributed by atoms with Crippen molar-refractivity contribution in [1.82, 2.24) is 4.98 Å². The lowest BCUT2D eigenvalue weighted by molar-refractivity contribution is -0.120. The number of aromatic nitrogens is 1. The molecule has 6 nitrogen and oxygen atoms in total. The molecule has 27 heavy (non-hydrogen) atoms. The molecule has 0 bridgehead atoms. The molecule has 0 fully saturated rings. The van der Waals surface area contributed by atoms with Crippen molar-refractivity contribution in [1.29, 1.82) is 0 Å². The van der Waals surface area contributed by atoms with Crippen LogP contribution in [0.5, 0.6) is 0 Å². The Morgan fingerprint density at radius 3 is 2.41 bits per heavy atom. The molecule has 1 aromatic carbocycles. The third-order valence-electron chi connectivity index (χ3n) is 4.75. The van der Waals surface area contributed by atoms with Crippen LogP contribution >= 0.6 is 0 Å². The van der Waals surface area contributed by atoms with Gasteiger partial charge in [-0.1, -0.05) is 26.0 Å². The standard InChI is InChI=1S/C20H25N3O3S/c1-4-17(15-8-10-16(11-9-15)27(21,26)13-24)18(5-2)20(25)23-19-7-6-12-22-14(19)3/h6-12,17-18H,4-5H2,1-3H3,(H2,21,26)(H,23,25)/t17-,18+,27?/m1/s1. The van der Waals surface area contributed by atoms with E-state index >= 15 is 0 Å². The van der Waals surface area contributed by atoms with E-state index in [1.165, 1.54) is 5.23 Å². The van der Waals surface area contributed by atoms with Gasteiger partial charge in [0.05, 0.1) is 16.3 Å². The molecule has 1 unspecified atom stereocenters. The van der Waals surface area contributed by atoms with Crippen LogP contribution in [0.15, 0.2) is 47.5 Å². The van der Waals surface area contributed by atoms with E-state index in [1.54, 1.807) is 36.5 Å². The van der Waals surface area contributed by atoms with Gasteiger partial charge in [-0.05, 0) is 55.5 Å². The number of anilines is 1. The fraction of sp³-hybridized carbons (Fsp3) is 0.350. The minimum atomic E-state index is -3.28. The van der Waals surface area contributed by atoms with Crippen LogP contribution in [0.2, 0.25) is 0 Å².